The van der Waals surface area contributed by atoms with E-state index in [1.54, 1.807) is 7.11 Å². The second-order valence-corrected chi connectivity index (χ2v) is 7.90. The monoisotopic (exact) mass is 424 g/mol. The van der Waals surface area contributed by atoms with Gasteiger partial charge in [0.2, 0.25) is 11.8 Å². The van der Waals surface area contributed by atoms with Gasteiger partial charge in [0.1, 0.15) is 5.75 Å². The highest BCUT2D eigenvalue weighted by molar-refractivity contribution is 5.96. The zero-order valence-corrected chi connectivity index (χ0v) is 18.8. The molecule has 0 bridgehead atoms. The predicted molar refractivity (Wildman–Crippen MR) is 124 cm³/mol. The van der Waals surface area contributed by atoms with Crippen LogP contribution < -0.4 is 20.3 Å². The molecule has 2 N–H and O–H groups in total. The van der Waals surface area contributed by atoms with E-state index >= 15 is 0 Å². The van der Waals surface area contributed by atoms with E-state index in [4.69, 9.17) is 4.74 Å². The number of aryl methyl sites for hydroxylation is 2. The van der Waals surface area contributed by atoms with Crippen molar-refractivity contribution in [3.63, 3.8) is 0 Å². The highest BCUT2D eigenvalue weighted by atomic mass is 16.5. The Balaban J connectivity index is 1.48. The Morgan fingerprint density at radius 1 is 1.00 bits per heavy atom. The minimum Gasteiger partial charge on any atom is -0.495 e. The van der Waals surface area contributed by atoms with Crippen molar-refractivity contribution in [1.29, 1.82) is 0 Å². The zero-order valence-electron chi connectivity index (χ0n) is 18.8. The van der Waals surface area contributed by atoms with Crippen LogP contribution in [-0.4, -0.2) is 62.6 Å². The van der Waals surface area contributed by atoms with Crippen LogP contribution in [0.5, 0.6) is 5.75 Å². The van der Waals surface area contributed by atoms with Crippen molar-refractivity contribution in [2.24, 2.45) is 0 Å². The maximum absolute atomic E-state index is 12.6. The third-order valence-electron chi connectivity index (χ3n) is 5.84. The molecule has 1 atom stereocenters. The van der Waals surface area contributed by atoms with Crippen LogP contribution in [-0.2, 0) is 9.59 Å². The molecule has 7 heteroatoms. The Morgan fingerprint density at radius 2 is 1.65 bits per heavy atom. The minimum absolute atomic E-state index is 0.0435. The first-order valence-corrected chi connectivity index (χ1v) is 10.7. The van der Waals surface area contributed by atoms with Gasteiger partial charge in [0, 0.05) is 31.9 Å². The molecule has 2 aromatic carbocycles. The summed E-state index contributed by atoms with van der Waals surface area (Å²) >= 11 is 0. The number of carbonyl (C=O) groups excluding carboxylic acids is 2. The predicted octanol–water partition coefficient (Wildman–Crippen LogP) is 2.58. The molecule has 0 unspecified atom stereocenters. The van der Waals surface area contributed by atoms with Gasteiger partial charge in [0.05, 0.1) is 25.4 Å². The number of carbonyl (C=O) groups is 2. The Hall–Kier alpha value is -3.06. The van der Waals surface area contributed by atoms with Crippen LogP contribution in [0.4, 0.5) is 11.4 Å². The van der Waals surface area contributed by atoms with Crippen LogP contribution in [0.25, 0.3) is 0 Å². The van der Waals surface area contributed by atoms with Gasteiger partial charge in [-0.3, -0.25) is 14.5 Å². The number of nitrogens with one attached hydrogen (secondary N) is 2. The first-order chi connectivity index (χ1) is 14.9. The van der Waals surface area contributed by atoms with Crippen LogP contribution in [0, 0.1) is 13.8 Å². The lowest BCUT2D eigenvalue weighted by Gasteiger charge is -2.38. The minimum atomic E-state index is -0.298. The van der Waals surface area contributed by atoms with Gasteiger partial charge in [0.25, 0.3) is 0 Å². The highest BCUT2D eigenvalue weighted by Crippen LogP contribution is 2.28. The van der Waals surface area contributed by atoms with Gasteiger partial charge in [-0.15, -0.1) is 0 Å². The fraction of sp³-hybridized carbons (Fsp3) is 0.417. The summed E-state index contributed by atoms with van der Waals surface area (Å²) in [4.78, 5) is 29.4. The molecular formula is C24H32N4O3. The van der Waals surface area contributed by atoms with Crippen LogP contribution in [0.15, 0.2) is 42.5 Å². The molecule has 0 saturated carbocycles. The Bertz CT molecular complexity index is 903. The smallest absolute Gasteiger partial charge is 0.243 e. The van der Waals surface area contributed by atoms with E-state index in [0.717, 1.165) is 54.4 Å². The first-order valence-electron chi connectivity index (χ1n) is 10.7. The van der Waals surface area contributed by atoms with E-state index in [9.17, 15) is 9.59 Å². The number of ether oxygens (including phenoxy) is 1. The molecular weight excluding hydrogens is 392 g/mol. The normalized spacial score (nSPS) is 15.3. The lowest BCUT2D eigenvalue weighted by atomic mass is 10.1. The van der Waals surface area contributed by atoms with Crippen molar-refractivity contribution in [1.82, 2.24) is 10.2 Å². The van der Waals surface area contributed by atoms with Crippen LogP contribution in [0.1, 0.15) is 18.1 Å². The van der Waals surface area contributed by atoms with Crippen LogP contribution in [0.2, 0.25) is 0 Å². The van der Waals surface area contributed by atoms with Crippen molar-refractivity contribution >= 4 is 23.2 Å². The maximum atomic E-state index is 12.6. The number of piperazine rings is 1. The summed E-state index contributed by atoms with van der Waals surface area (Å²) in [6.45, 7) is 8.90. The second-order valence-electron chi connectivity index (χ2n) is 7.90. The van der Waals surface area contributed by atoms with E-state index in [0.29, 0.717) is 0 Å². The van der Waals surface area contributed by atoms with Gasteiger partial charge in [-0.05, 0) is 44.0 Å². The maximum Gasteiger partial charge on any atom is 0.243 e. The fourth-order valence-electron chi connectivity index (χ4n) is 3.92. The van der Waals surface area contributed by atoms with Crippen molar-refractivity contribution in [3.05, 3.63) is 53.6 Å². The van der Waals surface area contributed by atoms with Gasteiger partial charge < -0.3 is 20.3 Å². The van der Waals surface area contributed by atoms with Crippen molar-refractivity contribution in [2.75, 3.05) is 50.1 Å². The lowest BCUT2D eigenvalue weighted by molar-refractivity contribution is -0.128. The molecule has 1 aliphatic heterocycles. The van der Waals surface area contributed by atoms with Crippen molar-refractivity contribution in [3.8, 4) is 5.75 Å². The summed E-state index contributed by atoms with van der Waals surface area (Å²) in [6.07, 6.45) is 0. The third-order valence-corrected chi connectivity index (χ3v) is 5.84. The number of anilines is 2. The number of rotatable bonds is 7. The molecule has 7 nitrogen and oxygen atoms in total. The number of benzene rings is 2. The van der Waals surface area contributed by atoms with Crippen molar-refractivity contribution in [2.45, 2.75) is 26.8 Å². The largest absolute Gasteiger partial charge is 0.495 e. The molecule has 31 heavy (non-hydrogen) atoms. The van der Waals surface area contributed by atoms with Crippen LogP contribution >= 0.6 is 0 Å². The molecule has 0 aliphatic carbocycles. The van der Waals surface area contributed by atoms with Crippen molar-refractivity contribution < 1.29 is 14.3 Å². The third kappa shape index (κ3) is 5.55. The summed E-state index contributed by atoms with van der Waals surface area (Å²) in [5.41, 5.74) is 3.88. The average molecular weight is 425 g/mol. The summed E-state index contributed by atoms with van der Waals surface area (Å²) in [7, 11) is 1.68. The number of methoxy groups -OCH3 is 1. The lowest BCUT2D eigenvalue weighted by Crippen LogP contribution is -2.54. The van der Waals surface area contributed by atoms with E-state index in [1.807, 2.05) is 57.2 Å². The number of hydrogen-bond donors (Lipinski definition) is 2. The number of amides is 2. The molecule has 3 rings (SSSR count). The fourth-order valence-corrected chi connectivity index (χ4v) is 3.92. The van der Waals surface area contributed by atoms with E-state index in [1.165, 1.54) is 0 Å². The molecule has 1 aliphatic rings. The zero-order chi connectivity index (χ0) is 22.4. The Kier molecular flexibility index (Phi) is 7.52. The highest BCUT2D eigenvalue weighted by Gasteiger charge is 2.26. The van der Waals surface area contributed by atoms with E-state index in [-0.39, 0.29) is 24.4 Å². The number of para-hydroxylation sites is 3. The van der Waals surface area contributed by atoms with Gasteiger partial charge in [-0.1, -0.05) is 30.3 Å². The van der Waals surface area contributed by atoms with E-state index < -0.39 is 0 Å². The molecule has 1 saturated heterocycles. The summed E-state index contributed by atoms with van der Waals surface area (Å²) < 4.78 is 5.47. The van der Waals surface area contributed by atoms with Crippen LogP contribution in [0.3, 0.4) is 0 Å². The first kappa shape index (κ1) is 22.6. The second kappa shape index (κ2) is 10.3. The molecule has 0 radical (unpaired) electrons. The topological polar surface area (TPSA) is 73.9 Å². The summed E-state index contributed by atoms with van der Waals surface area (Å²) in [5.74, 6) is 0.498. The SMILES string of the molecule is COc1ccccc1N1CCN([C@@H](C)C(=O)NCC(=O)Nc2c(C)cccc2C)CC1. The molecule has 1 fully saturated rings. The Morgan fingerprint density at radius 3 is 2.29 bits per heavy atom. The molecule has 166 valence electrons. The number of nitrogens with zero attached hydrogens (tertiary/aromatic N) is 2. The molecule has 0 aromatic heterocycles. The van der Waals surface area contributed by atoms with Gasteiger partial charge in [-0.25, -0.2) is 0 Å². The standard InChI is InChI=1S/C24H32N4O3/c1-17-8-7-9-18(2)23(17)26-22(29)16-25-24(30)19(3)27-12-14-28(15-13-27)20-10-5-6-11-21(20)31-4/h5-11,19H,12-16H2,1-4H3,(H,25,30)(H,26,29)/t19-/m0/s1. The van der Waals surface area contributed by atoms with Gasteiger partial charge in [0.15, 0.2) is 0 Å². The summed E-state index contributed by atoms with van der Waals surface area (Å²) in [5, 5.41) is 5.67. The molecule has 0 spiro atoms. The molecule has 2 aromatic rings. The van der Waals surface area contributed by atoms with E-state index in [2.05, 4.69) is 26.5 Å². The molecule has 1 heterocycles. The van der Waals surface area contributed by atoms with Gasteiger partial charge in [-0.2, -0.15) is 0 Å². The number of hydrogen-bond acceptors (Lipinski definition) is 5. The average Bonchev–Trinajstić information content (AvgIpc) is 2.79. The molecule has 2 amide bonds. The summed E-state index contributed by atoms with van der Waals surface area (Å²) in [6, 6.07) is 13.5. The quantitative estimate of drug-likeness (QED) is 0.715. The Labute approximate surface area is 184 Å². The van der Waals surface area contributed by atoms with Gasteiger partial charge >= 0.3 is 0 Å².